The van der Waals surface area contributed by atoms with Crippen LogP contribution in [0.1, 0.15) is 48.2 Å². The predicted octanol–water partition coefficient (Wildman–Crippen LogP) is 4.61. The molecule has 3 aromatic carbocycles. The molecule has 6 rings (SSSR count). The average Bonchev–Trinajstić information content (AvgIpc) is 3.78. The van der Waals surface area contributed by atoms with Gasteiger partial charge in [0.2, 0.25) is 17.7 Å². The van der Waals surface area contributed by atoms with Crippen LogP contribution in [0.2, 0.25) is 0 Å². The Labute approximate surface area is 305 Å². The molecule has 3 heterocycles. The number of nitrogens with one attached hydrogen (secondary N) is 3. The maximum absolute atomic E-state index is 14.3. The zero-order chi connectivity index (χ0) is 36.8. The van der Waals surface area contributed by atoms with Gasteiger partial charge in [-0.3, -0.25) is 19.2 Å². The van der Waals surface area contributed by atoms with Crippen LogP contribution in [-0.2, 0) is 27.2 Å². The Balaban J connectivity index is 1.22. The predicted molar refractivity (Wildman–Crippen MR) is 199 cm³/mol. The van der Waals surface area contributed by atoms with Crippen molar-refractivity contribution < 1.29 is 28.7 Å². The minimum Gasteiger partial charge on any atom is -0.493 e. The van der Waals surface area contributed by atoms with E-state index >= 15 is 0 Å². The van der Waals surface area contributed by atoms with Gasteiger partial charge in [-0.2, -0.15) is 0 Å². The molecule has 3 N–H and O–H groups in total. The molecule has 1 aromatic heterocycles. The Morgan fingerprint density at radius 3 is 2.40 bits per heavy atom. The lowest BCUT2D eigenvalue weighted by molar-refractivity contribution is -0.140. The molecule has 2 saturated heterocycles. The smallest absolute Gasteiger partial charge is 0.254 e. The first-order valence-corrected chi connectivity index (χ1v) is 18.2. The summed E-state index contributed by atoms with van der Waals surface area (Å²) in [5.74, 6) is -0.702. The number of nitrogens with zero attached hydrogens (tertiary/aromatic N) is 2. The second-order valence-corrected chi connectivity index (χ2v) is 14.2. The van der Waals surface area contributed by atoms with Gasteiger partial charge in [0.05, 0.1) is 25.6 Å². The minimum absolute atomic E-state index is 0.0614. The van der Waals surface area contributed by atoms with E-state index in [0.717, 1.165) is 22.9 Å². The summed E-state index contributed by atoms with van der Waals surface area (Å²) in [7, 11) is 3.11. The number of fused-ring (bicyclic) bond motifs is 2. The fourth-order valence-electron chi connectivity index (χ4n) is 7.69. The van der Waals surface area contributed by atoms with Crippen LogP contribution < -0.4 is 20.1 Å². The van der Waals surface area contributed by atoms with Gasteiger partial charge < -0.3 is 34.9 Å². The average molecular weight is 708 g/mol. The standard InChI is InChI=1S/C41H49N5O6/c1-26(2)52-36-18-17-28(19-37(36)51-4)41(50)46-23-30-22-45(38(47)20-29-21-43-34-15-9-8-14-31(29)34)25-33(32(30)24-46)39(48)44-35(40(49)42-3)16-10-13-27-11-6-5-7-12-27/h5-9,11-12,14-15,17-19,21,26,30,32-33,35,43H,10,13,16,20,22-25H2,1-4H3,(H,42,49)(H,44,48)/t30?,32?,33?,35-/m0/s1. The van der Waals surface area contributed by atoms with Crippen molar-refractivity contribution in [2.24, 2.45) is 17.8 Å². The molecular weight excluding hydrogens is 658 g/mol. The van der Waals surface area contributed by atoms with Crippen LogP contribution in [0, 0.1) is 17.8 Å². The molecule has 4 amide bonds. The lowest BCUT2D eigenvalue weighted by Gasteiger charge is -2.40. The molecule has 11 nitrogen and oxygen atoms in total. The monoisotopic (exact) mass is 707 g/mol. The summed E-state index contributed by atoms with van der Waals surface area (Å²) in [6, 6.07) is 22.3. The Morgan fingerprint density at radius 1 is 0.904 bits per heavy atom. The highest BCUT2D eigenvalue weighted by molar-refractivity contribution is 5.95. The maximum Gasteiger partial charge on any atom is 0.254 e. The van der Waals surface area contributed by atoms with Crippen LogP contribution in [0.3, 0.4) is 0 Å². The summed E-state index contributed by atoms with van der Waals surface area (Å²) in [6.45, 7) is 5.24. The van der Waals surface area contributed by atoms with Gasteiger partial charge in [0.15, 0.2) is 11.5 Å². The van der Waals surface area contributed by atoms with E-state index in [9.17, 15) is 19.2 Å². The second-order valence-electron chi connectivity index (χ2n) is 14.2. The number of likely N-dealkylation sites (N-methyl/N-ethyl adjacent to an activating group) is 1. The number of aromatic amines is 1. The molecule has 0 aliphatic carbocycles. The summed E-state index contributed by atoms with van der Waals surface area (Å²) in [5.41, 5.74) is 3.47. The SMILES string of the molecule is CNC(=O)[C@H](CCCc1ccccc1)NC(=O)C1CN(C(=O)Cc2c[nH]c3ccccc23)CC2CN(C(=O)c3ccc(OC(C)C)c(OC)c3)CC21. The van der Waals surface area contributed by atoms with E-state index in [1.807, 2.05) is 62.5 Å². The first kappa shape index (κ1) is 36.5. The van der Waals surface area contributed by atoms with Gasteiger partial charge in [-0.05, 0) is 80.3 Å². The number of hydrogen-bond acceptors (Lipinski definition) is 6. The molecule has 2 aliphatic heterocycles. The Bertz CT molecular complexity index is 1890. The van der Waals surface area contributed by atoms with E-state index in [2.05, 4.69) is 27.8 Å². The minimum atomic E-state index is -0.727. The number of aryl methyl sites for hydroxylation is 1. The molecule has 4 atom stereocenters. The van der Waals surface area contributed by atoms with Crippen LogP contribution in [-0.4, -0.2) is 90.9 Å². The third-order valence-electron chi connectivity index (χ3n) is 10.3. The first-order chi connectivity index (χ1) is 25.1. The summed E-state index contributed by atoms with van der Waals surface area (Å²) < 4.78 is 11.4. The van der Waals surface area contributed by atoms with Crippen molar-refractivity contribution in [2.45, 2.75) is 51.7 Å². The van der Waals surface area contributed by atoms with Crippen molar-refractivity contribution in [1.29, 1.82) is 0 Å². The molecule has 2 aliphatic rings. The number of hydrogen-bond donors (Lipinski definition) is 3. The Morgan fingerprint density at radius 2 is 1.65 bits per heavy atom. The number of aromatic nitrogens is 1. The quantitative estimate of drug-likeness (QED) is 0.186. The van der Waals surface area contributed by atoms with E-state index in [1.54, 1.807) is 42.2 Å². The van der Waals surface area contributed by atoms with Gasteiger partial charge in [0.1, 0.15) is 6.04 Å². The number of benzene rings is 3. The number of H-pyrrole nitrogens is 1. The third-order valence-corrected chi connectivity index (χ3v) is 10.3. The van der Waals surface area contributed by atoms with E-state index in [0.29, 0.717) is 49.5 Å². The molecule has 0 bridgehead atoms. The Hall–Kier alpha value is -5.32. The lowest BCUT2D eigenvalue weighted by atomic mass is 9.79. The van der Waals surface area contributed by atoms with Gasteiger partial charge in [0, 0.05) is 55.9 Å². The van der Waals surface area contributed by atoms with Gasteiger partial charge in [-0.25, -0.2) is 0 Å². The normalized spacial score (nSPS) is 18.9. The number of carbonyl (C=O) groups is 4. The molecule has 52 heavy (non-hydrogen) atoms. The number of amides is 4. The molecule has 11 heteroatoms. The molecule has 0 saturated carbocycles. The summed E-state index contributed by atoms with van der Waals surface area (Å²) >= 11 is 0. The zero-order valence-corrected chi connectivity index (χ0v) is 30.4. The molecule has 0 spiro atoms. The number of para-hydroxylation sites is 1. The Kier molecular flexibility index (Phi) is 11.5. The van der Waals surface area contributed by atoms with Crippen LogP contribution in [0.25, 0.3) is 10.9 Å². The molecule has 274 valence electrons. The number of carbonyl (C=O) groups excluding carboxylic acids is 4. The number of piperidine rings is 1. The van der Waals surface area contributed by atoms with Crippen LogP contribution in [0.5, 0.6) is 11.5 Å². The highest BCUT2D eigenvalue weighted by Crippen LogP contribution is 2.38. The van der Waals surface area contributed by atoms with Gasteiger partial charge in [0.25, 0.3) is 5.91 Å². The van der Waals surface area contributed by atoms with Gasteiger partial charge in [-0.1, -0.05) is 48.5 Å². The molecule has 3 unspecified atom stereocenters. The molecule has 4 aromatic rings. The fourth-order valence-corrected chi connectivity index (χ4v) is 7.69. The van der Waals surface area contributed by atoms with Crippen molar-refractivity contribution in [2.75, 3.05) is 40.3 Å². The van der Waals surface area contributed by atoms with Crippen LogP contribution in [0.15, 0.2) is 79.0 Å². The second kappa shape index (κ2) is 16.4. The first-order valence-electron chi connectivity index (χ1n) is 18.2. The van der Waals surface area contributed by atoms with E-state index < -0.39 is 12.0 Å². The largest absolute Gasteiger partial charge is 0.493 e. The number of rotatable bonds is 13. The zero-order valence-electron chi connectivity index (χ0n) is 30.4. The van der Waals surface area contributed by atoms with E-state index in [1.165, 1.54) is 5.56 Å². The highest BCUT2D eigenvalue weighted by atomic mass is 16.5. The fraction of sp³-hybridized carbons (Fsp3) is 0.415. The molecule has 2 fully saturated rings. The van der Waals surface area contributed by atoms with Crippen molar-refractivity contribution in [3.8, 4) is 11.5 Å². The van der Waals surface area contributed by atoms with Crippen molar-refractivity contribution >= 4 is 34.5 Å². The van der Waals surface area contributed by atoms with Gasteiger partial charge in [-0.15, -0.1) is 0 Å². The summed E-state index contributed by atoms with van der Waals surface area (Å²) in [4.78, 5) is 62.0. The molecule has 0 radical (unpaired) electrons. The summed E-state index contributed by atoms with van der Waals surface area (Å²) in [5, 5.41) is 6.74. The summed E-state index contributed by atoms with van der Waals surface area (Å²) in [6.07, 6.45) is 3.94. The van der Waals surface area contributed by atoms with Gasteiger partial charge >= 0.3 is 0 Å². The van der Waals surface area contributed by atoms with E-state index in [-0.39, 0.29) is 54.5 Å². The molecular formula is C41H49N5O6. The van der Waals surface area contributed by atoms with Crippen LogP contribution in [0.4, 0.5) is 0 Å². The number of likely N-dealkylation sites (tertiary alicyclic amines) is 2. The number of ether oxygens (including phenoxy) is 2. The van der Waals surface area contributed by atoms with E-state index in [4.69, 9.17) is 9.47 Å². The van der Waals surface area contributed by atoms with Crippen molar-refractivity contribution in [3.05, 3.63) is 95.7 Å². The topological polar surface area (TPSA) is 133 Å². The third kappa shape index (κ3) is 8.25. The van der Waals surface area contributed by atoms with Crippen molar-refractivity contribution in [1.82, 2.24) is 25.4 Å². The maximum atomic E-state index is 14.3. The van der Waals surface area contributed by atoms with Crippen LogP contribution >= 0.6 is 0 Å². The van der Waals surface area contributed by atoms with Crippen molar-refractivity contribution in [3.63, 3.8) is 0 Å². The highest BCUT2D eigenvalue weighted by Gasteiger charge is 2.48. The lowest BCUT2D eigenvalue weighted by Crippen LogP contribution is -2.56. The number of methoxy groups -OCH3 is 1.